The van der Waals surface area contributed by atoms with E-state index in [0.29, 0.717) is 18.7 Å². The van der Waals surface area contributed by atoms with Gasteiger partial charge < -0.3 is 19.3 Å². The molecule has 0 radical (unpaired) electrons. The molecule has 0 atom stereocenters. The van der Waals surface area contributed by atoms with Crippen LogP contribution in [0.2, 0.25) is 0 Å². The lowest BCUT2D eigenvalue weighted by Crippen LogP contribution is -2.41. The van der Waals surface area contributed by atoms with Gasteiger partial charge in [-0.1, -0.05) is 12.1 Å². The van der Waals surface area contributed by atoms with Crippen molar-refractivity contribution in [1.82, 2.24) is 4.90 Å². The van der Waals surface area contributed by atoms with Crippen LogP contribution in [0.4, 0.5) is 0 Å². The Kier molecular flexibility index (Phi) is 3.87. The second-order valence-electron chi connectivity index (χ2n) is 8.48. The van der Waals surface area contributed by atoms with Crippen molar-refractivity contribution < 1.29 is 19.2 Å². The maximum absolute atomic E-state index is 12.5. The Bertz CT molecular complexity index is 662. The molecule has 24 heavy (non-hydrogen) atoms. The van der Waals surface area contributed by atoms with Gasteiger partial charge in [0.15, 0.2) is 0 Å². The molecule has 2 aliphatic rings. The molecule has 5 nitrogen and oxygen atoms in total. The van der Waals surface area contributed by atoms with Gasteiger partial charge in [0.05, 0.1) is 16.8 Å². The van der Waals surface area contributed by atoms with E-state index >= 15 is 0 Å². The minimum Gasteiger partial charge on any atom is -0.399 e. The Morgan fingerprint density at radius 1 is 1.21 bits per heavy atom. The van der Waals surface area contributed by atoms with E-state index in [-0.39, 0.29) is 17.1 Å². The van der Waals surface area contributed by atoms with Gasteiger partial charge in [0, 0.05) is 18.7 Å². The van der Waals surface area contributed by atoms with Crippen molar-refractivity contribution >= 4 is 18.5 Å². The zero-order valence-corrected chi connectivity index (χ0v) is 15.3. The molecule has 0 aliphatic carbocycles. The summed E-state index contributed by atoms with van der Waals surface area (Å²) in [5.41, 5.74) is 0.881. The molecule has 1 aromatic carbocycles. The lowest BCUT2D eigenvalue weighted by molar-refractivity contribution is 0.00578. The number of benzene rings is 1. The summed E-state index contributed by atoms with van der Waals surface area (Å²) >= 11 is 0. The van der Waals surface area contributed by atoms with Crippen LogP contribution in [0.3, 0.4) is 0 Å². The highest BCUT2D eigenvalue weighted by atomic mass is 16.7. The number of hydrogen-bond donors (Lipinski definition) is 1. The number of carbonyl (C=O) groups is 1. The predicted molar refractivity (Wildman–Crippen MR) is 93.2 cm³/mol. The number of nitrogens with zero attached hydrogens (tertiary/aromatic N) is 1. The topological polar surface area (TPSA) is 59.0 Å². The summed E-state index contributed by atoms with van der Waals surface area (Å²) in [5, 5.41) is 9.98. The Balaban J connectivity index is 1.83. The van der Waals surface area contributed by atoms with Gasteiger partial charge in [-0.25, -0.2) is 0 Å². The molecule has 1 saturated heterocycles. The van der Waals surface area contributed by atoms with Crippen molar-refractivity contribution in [3.63, 3.8) is 0 Å². The monoisotopic (exact) mass is 331 g/mol. The van der Waals surface area contributed by atoms with Crippen LogP contribution in [0.5, 0.6) is 0 Å². The van der Waals surface area contributed by atoms with Crippen molar-refractivity contribution in [2.75, 3.05) is 6.54 Å². The molecule has 0 saturated carbocycles. The third-order valence-electron chi connectivity index (χ3n) is 5.11. The lowest BCUT2D eigenvalue weighted by Gasteiger charge is -2.32. The highest BCUT2D eigenvalue weighted by Gasteiger charge is 2.51. The van der Waals surface area contributed by atoms with E-state index in [1.165, 1.54) is 0 Å². The second kappa shape index (κ2) is 5.31. The van der Waals surface area contributed by atoms with E-state index in [1.807, 2.05) is 45.9 Å². The first-order chi connectivity index (χ1) is 10.9. The Morgan fingerprint density at radius 3 is 2.33 bits per heavy atom. The van der Waals surface area contributed by atoms with Gasteiger partial charge in [0.2, 0.25) is 0 Å². The van der Waals surface area contributed by atoms with Gasteiger partial charge in [-0.05, 0) is 58.6 Å². The molecule has 3 rings (SSSR count). The van der Waals surface area contributed by atoms with E-state index in [0.717, 1.165) is 11.0 Å². The smallest absolute Gasteiger partial charge is 0.399 e. The number of fused-ring (bicyclic) bond motifs is 1. The third-order valence-corrected chi connectivity index (χ3v) is 5.11. The van der Waals surface area contributed by atoms with E-state index in [4.69, 9.17) is 9.31 Å². The molecule has 1 N–H and O–H groups in total. The normalized spacial score (nSPS) is 22.2. The summed E-state index contributed by atoms with van der Waals surface area (Å²) in [6.45, 7) is 12.3. The second-order valence-corrected chi connectivity index (χ2v) is 8.48. The number of rotatable bonds is 3. The largest absolute Gasteiger partial charge is 0.494 e. The molecular weight excluding hydrogens is 305 g/mol. The molecule has 1 fully saturated rings. The molecule has 1 amide bonds. The van der Waals surface area contributed by atoms with E-state index in [2.05, 4.69) is 0 Å². The van der Waals surface area contributed by atoms with Crippen molar-refractivity contribution in [3.05, 3.63) is 29.3 Å². The number of carbonyl (C=O) groups excluding carboxylic acids is 1. The predicted octanol–water partition coefficient (Wildman–Crippen LogP) is 1.71. The van der Waals surface area contributed by atoms with Crippen LogP contribution in [-0.4, -0.2) is 46.4 Å². The summed E-state index contributed by atoms with van der Waals surface area (Å²) < 4.78 is 12.2. The van der Waals surface area contributed by atoms with Crippen LogP contribution in [0, 0.1) is 0 Å². The maximum atomic E-state index is 12.5. The molecule has 0 bridgehead atoms. The first-order valence-electron chi connectivity index (χ1n) is 8.40. The minimum atomic E-state index is -0.910. The van der Waals surface area contributed by atoms with E-state index < -0.39 is 12.7 Å². The summed E-state index contributed by atoms with van der Waals surface area (Å²) in [4.78, 5) is 14.1. The highest BCUT2D eigenvalue weighted by molar-refractivity contribution is 6.62. The molecule has 2 aliphatic heterocycles. The van der Waals surface area contributed by atoms with Crippen LogP contribution in [-0.2, 0) is 15.9 Å². The summed E-state index contributed by atoms with van der Waals surface area (Å²) in [7, 11) is -0.432. The van der Waals surface area contributed by atoms with Crippen molar-refractivity contribution in [2.24, 2.45) is 0 Å². The summed E-state index contributed by atoms with van der Waals surface area (Å²) in [6.07, 6.45) is 0. The molecule has 1 aromatic rings. The number of β-amino-alcohol motifs (C(OH)–C–C–N with tert-alkyl or cyclic N) is 1. The fourth-order valence-electron chi connectivity index (χ4n) is 3.12. The van der Waals surface area contributed by atoms with E-state index in [1.54, 1.807) is 18.7 Å². The number of hydrogen-bond acceptors (Lipinski definition) is 4. The molecule has 0 spiro atoms. The Hall–Kier alpha value is -1.37. The maximum Gasteiger partial charge on any atom is 0.494 e. The van der Waals surface area contributed by atoms with Gasteiger partial charge in [0.25, 0.3) is 5.91 Å². The molecule has 130 valence electrons. The average molecular weight is 331 g/mol. The standard InChI is InChI=1S/C18H26BNO4/c1-16(2,22)11-20-10-12-9-13(7-8-14(12)15(20)21)19-23-17(3,4)18(5,6)24-19/h7-9,22H,10-11H2,1-6H3. The lowest BCUT2D eigenvalue weighted by atomic mass is 9.78. The highest BCUT2D eigenvalue weighted by Crippen LogP contribution is 2.36. The number of aliphatic hydroxyl groups is 1. The van der Waals surface area contributed by atoms with Gasteiger partial charge in [0.1, 0.15) is 0 Å². The van der Waals surface area contributed by atoms with Gasteiger partial charge >= 0.3 is 7.12 Å². The summed E-state index contributed by atoms with van der Waals surface area (Å²) in [6, 6.07) is 5.72. The fourth-order valence-corrected chi connectivity index (χ4v) is 3.12. The van der Waals surface area contributed by atoms with Crippen molar-refractivity contribution in [1.29, 1.82) is 0 Å². The third kappa shape index (κ3) is 2.98. The first kappa shape index (κ1) is 17.5. The van der Waals surface area contributed by atoms with Crippen molar-refractivity contribution in [3.8, 4) is 0 Å². The van der Waals surface area contributed by atoms with Crippen LogP contribution in [0.25, 0.3) is 0 Å². The van der Waals surface area contributed by atoms with Crippen LogP contribution in [0.1, 0.15) is 57.5 Å². The molecule has 0 unspecified atom stereocenters. The molecular formula is C18H26BNO4. The zero-order chi connectivity index (χ0) is 17.9. The van der Waals surface area contributed by atoms with Crippen LogP contribution < -0.4 is 5.46 Å². The first-order valence-corrected chi connectivity index (χ1v) is 8.40. The van der Waals surface area contributed by atoms with Gasteiger partial charge in [-0.2, -0.15) is 0 Å². The zero-order valence-electron chi connectivity index (χ0n) is 15.3. The van der Waals surface area contributed by atoms with Crippen LogP contribution >= 0.6 is 0 Å². The summed E-state index contributed by atoms with van der Waals surface area (Å²) in [5.74, 6) is -0.0346. The fraction of sp³-hybridized carbons (Fsp3) is 0.611. The SMILES string of the molecule is CC(C)(O)CN1Cc2cc(B3OC(C)(C)C(C)(C)O3)ccc2C1=O. The Morgan fingerprint density at radius 2 is 1.79 bits per heavy atom. The van der Waals surface area contributed by atoms with E-state index in [9.17, 15) is 9.90 Å². The van der Waals surface area contributed by atoms with Gasteiger partial charge in [-0.3, -0.25) is 4.79 Å². The van der Waals surface area contributed by atoms with Crippen LogP contribution in [0.15, 0.2) is 18.2 Å². The molecule has 0 aromatic heterocycles. The number of amides is 1. The van der Waals surface area contributed by atoms with Gasteiger partial charge in [-0.15, -0.1) is 0 Å². The molecule has 2 heterocycles. The quantitative estimate of drug-likeness (QED) is 0.857. The Labute approximate surface area is 144 Å². The minimum absolute atomic E-state index is 0.0346. The molecule has 6 heteroatoms. The average Bonchev–Trinajstić information content (AvgIpc) is 2.82. The van der Waals surface area contributed by atoms with Crippen molar-refractivity contribution in [2.45, 2.75) is 64.9 Å².